The van der Waals surface area contributed by atoms with Gasteiger partial charge >= 0.3 is 0 Å². The topological polar surface area (TPSA) is 54.4 Å². The zero-order valence-electron chi connectivity index (χ0n) is 21.4. The van der Waals surface area contributed by atoms with Crippen LogP contribution in [0, 0.1) is 17.8 Å². The summed E-state index contributed by atoms with van der Waals surface area (Å²) in [5, 5.41) is 10.8. The molecule has 0 aromatic heterocycles. The Labute approximate surface area is 191 Å². The van der Waals surface area contributed by atoms with Crippen molar-refractivity contribution >= 4 is 11.6 Å². The van der Waals surface area contributed by atoms with E-state index in [4.69, 9.17) is 0 Å². The van der Waals surface area contributed by atoms with Gasteiger partial charge in [-0.2, -0.15) is 0 Å². The largest absolute Gasteiger partial charge is 0.390 e. The van der Waals surface area contributed by atoms with Crippen LogP contribution in [0.15, 0.2) is 22.8 Å². The molecule has 0 unspecified atom stereocenters. The first-order valence-electron chi connectivity index (χ1n) is 12.6. The number of rotatable bonds is 15. The molecule has 0 saturated heterocycles. The van der Waals surface area contributed by atoms with Crippen LogP contribution in [-0.2, 0) is 9.59 Å². The van der Waals surface area contributed by atoms with Gasteiger partial charge < -0.3 is 5.11 Å². The molecule has 0 spiro atoms. The highest BCUT2D eigenvalue weighted by molar-refractivity contribution is 6.22. The van der Waals surface area contributed by atoms with Crippen LogP contribution < -0.4 is 0 Å². The van der Waals surface area contributed by atoms with E-state index in [1.54, 1.807) is 13.8 Å². The molecule has 0 aliphatic heterocycles. The van der Waals surface area contributed by atoms with Gasteiger partial charge in [0, 0.05) is 16.7 Å². The van der Waals surface area contributed by atoms with Crippen molar-refractivity contribution in [3.8, 4) is 0 Å². The second-order valence-electron chi connectivity index (χ2n) is 11.0. The monoisotopic (exact) mass is 432 g/mol. The summed E-state index contributed by atoms with van der Waals surface area (Å²) in [5.41, 5.74) is 0.841. The van der Waals surface area contributed by atoms with Gasteiger partial charge in [0.1, 0.15) is 0 Å². The molecule has 0 fully saturated rings. The van der Waals surface area contributed by atoms with E-state index in [1.807, 2.05) is 6.92 Å². The van der Waals surface area contributed by atoms with Gasteiger partial charge in [0.05, 0.1) is 5.60 Å². The van der Waals surface area contributed by atoms with Crippen LogP contribution >= 0.6 is 0 Å². The fourth-order valence-electron chi connectivity index (χ4n) is 4.45. The molecule has 3 atom stereocenters. The lowest BCUT2D eigenvalue weighted by molar-refractivity contribution is -0.116. The summed E-state index contributed by atoms with van der Waals surface area (Å²) in [6.45, 7) is 14.6. The first-order chi connectivity index (χ1) is 14.4. The molecule has 0 heterocycles. The SMILES string of the molecule is CC1=C(C)C(=O)C(CC[C@@](C)(O)CCC[C@@H](C)CCC[C@H](C)CCCC(C)C)=CC1=O. The van der Waals surface area contributed by atoms with Crippen molar-refractivity contribution < 1.29 is 14.7 Å². The number of hydrogen-bond acceptors (Lipinski definition) is 3. The number of carbonyl (C=O) groups excluding carboxylic acids is 2. The molecule has 0 radical (unpaired) electrons. The molecule has 0 aromatic rings. The smallest absolute Gasteiger partial charge is 0.185 e. The van der Waals surface area contributed by atoms with E-state index in [2.05, 4.69) is 27.7 Å². The van der Waals surface area contributed by atoms with E-state index in [0.717, 1.165) is 31.1 Å². The lowest BCUT2D eigenvalue weighted by Crippen LogP contribution is -2.26. The maximum absolute atomic E-state index is 12.4. The lowest BCUT2D eigenvalue weighted by Gasteiger charge is -2.25. The summed E-state index contributed by atoms with van der Waals surface area (Å²) in [4.78, 5) is 24.4. The van der Waals surface area contributed by atoms with E-state index in [-0.39, 0.29) is 11.6 Å². The lowest BCUT2D eigenvalue weighted by atomic mass is 9.84. The molecule has 1 aliphatic rings. The summed E-state index contributed by atoms with van der Waals surface area (Å²) in [6, 6.07) is 0. The molecule has 0 saturated carbocycles. The Kier molecular flexibility index (Phi) is 12.0. The number of ketones is 2. The summed E-state index contributed by atoms with van der Waals surface area (Å²) in [6.07, 6.45) is 13.3. The average molecular weight is 433 g/mol. The summed E-state index contributed by atoms with van der Waals surface area (Å²) < 4.78 is 0. The Balaban J connectivity index is 2.25. The van der Waals surface area contributed by atoms with Crippen molar-refractivity contribution in [1.29, 1.82) is 0 Å². The molecule has 3 nitrogen and oxygen atoms in total. The Hall–Kier alpha value is -1.22. The zero-order chi connectivity index (χ0) is 23.6. The van der Waals surface area contributed by atoms with Gasteiger partial charge in [0.15, 0.2) is 11.6 Å². The Morgan fingerprint density at radius 3 is 1.87 bits per heavy atom. The van der Waals surface area contributed by atoms with E-state index in [0.29, 0.717) is 35.5 Å². The van der Waals surface area contributed by atoms with Gasteiger partial charge in [-0.3, -0.25) is 9.59 Å². The van der Waals surface area contributed by atoms with Crippen molar-refractivity contribution in [2.45, 2.75) is 125 Å². The predicted molar refractivity (Wildman–Crippen MR) is 131 cm³/mol. The molecular weight excluding hydrogens is 384 g/mol. The number of aliphatic hydroxyl groups is 1. The van der Waals surface area contributed by atoms with Crippen molar-refractivity contribution in [3.63, 3.8) is 0 Å². The van der Waals surface area contributed by atoms with Crippen LogP contribution in [0.3, 0.4) is 0 Å². The van der Waals surface area contributed by atoms with Gasteiger partial charge in [-0.05, 0) is 63.9 Å². The number of allylic oxidation sites excluding steroid dienone is 4. The Morgan fingerprint density at radius 1 is 0.806 bits per heavy atom. The normalized spacial score (nSPS) is 18.9. The van der Waals surface area contributed by atoms with Gasteiger partial charge in [-0.25, -0.2) is 0 Å². The van der Waals surface area contributed by atoms with Crippen molar-refractivity contribution in [3.05, 3.63) is 22.8 Å². The molecule has 31 heavy (non-hydrogen) atoms. The third kappa shape index (κ3) is 10.8. The van der Waals surface area contributed by atoms with Crippen LogP contribution in [0.4, 0.5) is 0 Å². The fraction of sp³-hybridized carbons (Fsp3) is 0.786. The van der Waals surface area contributed by atoms with Gasteiger partial charge in [-0.1, -0.05) is 79.1 Å². The minimum Gasteiger partial charge on any atom is -0.390 e. The number of Topliss-reactive ketones (excluding diaryl/α,β-unsaturated/α-hetero) is 1. The minimum absolute atomic E-state index is 0.0417. The van der Waals surface area contributed by atoms with Gasteiger partial charge in [0.25, 0.3) is 0 Å². The van der Waals surface area contributed by atoms with Crippen LogP contribution in [0.5, 0.6) is 0 Å². The van der Waals surface area contributed by atoms with E-state index >= 15 is 0 Å². The Morgan fingerprint density at radius 2 is 1.32 bits per heavy atom. The van der Waals surface area contributed by atoms with E-state index in [1.165, 1.54) is 44.6 Å². The second-order valence-corrected chi connectivity index (χ2v) is 11.0. The third-order valence-corrected chi connectivity index (χ3v) is 7.09. The minimum atomic E-state index is -0.793. The highest BCUT2D eigenvalue weighted by atomic mass is 16.3. The zero-order valence-corrected chi connectivity index (χ0v) is 21.4. The fourth-order valence-corrected chi connectivity index (χ4v) is 4.45. The van der Waals surface area contributed by atoms with E-state index in [9.17, 15) is 14.7 Å². The standard InChI is InChI=1S/C28H48O3/c1-20(2)11-8-12-21(3)13-9-14-22(4)15-10-17-28(7,31)18-16-25-19-26(29)23(5)24(6)27(25)30/h19-22,31H,8-18H2,1-7H3/t21-,22+,28+/m1/s1. The summed E-state index contributed by atoms with van der Waals surface area (Å²) in [5.74, 6) is 2.22. The first-order valence-corrected chi connectivity index (χ1v) is 12.6. The Bertz CT molecular complexity index is 651. The van der Waals surface area contributed by atoms with Crippen molar-refractivity contribution in [1.82, 2.24) is 0 Å². The average Bonchev–Trinajstić information content (AvgIpc) is 2.67. The molecule has 0 aromatic carbocycles. The second kappa shape index (κ2) is 13.4. The van der Waals surface area contributed by atoms with Gasteiger partial charge in [-0.15, -0.1) is 0 Å². The highest BCUT2D eigenvalue weighted by Crippen LogP contribution is 2.28. The van der Waals surface area contributed by atoms with Crippen molar-refractivity contribution in [2.24, 2.45) is 17.8 Å². The molecule has 178 valence electrons. The highest BCUT2D eigenvalue weighted by Gasteiger charge is 2.26. The van der Waals surface area contributed by atoms with Crippen LogP contribution in [0.1, 0.15) is 119 Å². The molecular formula is C28H48O3. The maximum atomic E-state index is 12.4. The summed E-state index contributed by atoms with van der Waals surface area (Å²) in [7, 11) is 0. The maximum Gasteiger partial charge on any atom is 0.185 e. The number of carbonyl (C=O) groups is 2. The third-order valence-electron chi connectivity index (χ3n) is 7.09. The van der Waals surface area contributed by atoms with Crippen LogP contribution in [0.2, 0.25) is 0 Å². The predicted octanol–water partition coefficient (Wildman–Crippen LogP) is 7.37. The number of hydrogen-bond donors (Lipinski definition) is 1. The van der Waals surface area contributed by atoms with Crippen LogP contribution in [0.25, 0.3) is 0 Å². The molecule has 3 heteroatoms. The molecule has 1 N–H and O–H groups in total. The molecule has 0 amide bonds. The summed E-state index contributed by atoms with van der Waals surface area (Å²) >= 11 is 0. The quantitative estimate of drug-likeness (QED) is 0.275. The first kappa shape index (κ1) is 27.8. The molecule has 0 bridgehead atoms. The molecule has 1 aliphatic carbocycles. The van der Waals surface area contributed by atoms with E-state index < -0.39 is 5.60 Å². The van der Waals surface area contributed by atoms with Crippen LogP contribution in [-0.4, -0.2) is 22.3 Å². The molecule has 1 rings (SSSR count). The van der Waals surface area contributed by atoms with Crippen molar-refractivity contribution in [2.75, 3.05) is 0 Å². The van der Waals surface area contributed by atoms with Gasteiger partial charge in [0.2, 0.25) is 0 Å².